The molecule has 3 heterocycles. The number of hydrogen-bond donors (Lipinski definition) is 3. The van der Waals surface area contributed by atoms with E-state index in [1.54, 1.807) is 12.4 Å². The number of nitrogens with one attached hydrogen (secondary N) is 3. The van der Waals surface area contributed by atoms with Gasteiger partial charge in [0.05, 0.1) is 23.9 Å². The first-order valence-corrected chi connectivity index (χ1v) is 9.74. The second-order valence-corrected chi connectivity index (χ2v) is 7.23. The van der Waals surface area contributed by atoms with Crippen molar-refractivity contribution in [1.29, 1.82) is 0 Å². The fourth-order valence-corrected chi connectivity index (χ4v) is 3.28. The van der Waals surface area contributed by atoms with Crippen molar-refractivity contribution in [3.05, 3.63) is 42.7 Å². The van der Waals surface area contributed by atoms with Gasteiger partial charge in [-0.25, -0.2) is 9.97 Å². The van der Waals surface area contributed by atoms with Crippen LogP contribution >= 0.6 is 0 Å². The van der Waals surface area contributed by atoms with Crippen LogP contribution < -0.4 is 16.0 Å². The SMILES string of the molecule is CC(C)Nc1ccc(-c2cc3nccnc3c(NC[C@@H]3CNCCO3)n2)cc1. The maximum Gasteiger partial charge on any atom is 0.154 e. The van der Waals surface area contributed by atoms with Crippen LogP contribution in [0.3, 0.4) is 0 Å². The third-order valence-corrected chi connectivity index (χ3v) is 4.59. The first-order chi connectivity index (χ1) is 13.7. The van der Waals surface area contributed by atoms with Crippen LogP contribution in [0.4, 0.5) is 11.5 Å². The van der Waals surface area contributed by atoms with E-state index in [0.29, 0.717) is 12.6 Å². The zero-order valence-electron chi connectivity index (χ0n) is 16.3. The highest BCUT2D eigenvalue weighted by atomic mass is 16.5. The molecule has 0 aliphatic carbocycles. The van der Waals surface area contributed by atoms with Crippen molar-refractivity contribution in [2.75, 3.05) is 36.9 Å². The number of pyridine rings is 1. The molecule has 1 aliphatic rings. The summed E-state index contributed by atoms with van der Waals surface area (Å²) < 4.78 is 5.78. The van der Waals surface area contributed by atoms with Gasteiger partial charge in [-0.3, -0.25) is 4.98 Å². The summed E-state index contributed by atoms with van der Waals surface area (Å²) in [5, 5.41) is 10.2. The molecule has 2 aromatic heterocycles. The summed E-state index contributed by atoms with van der Waals surface area (Å²) in [5.74, 6) is 0.735. The molecule has 1 fully saturated rings. The van der Waals surface area contributed by atoms with Crippen molar-refractivity contribution in [2.24, 2.45) is 0 Å². The number of benzene rings is 1. The highest BCUT2D eigenvalue weighted by Gasteiger charge is 2.15. The number of ether oxygens (including phenoxy) is 1. The molecule has 1 saturated heterocycles. The highest BCUT2D eigenvalue weighted by molar-refractivity contribution is 5.88. The lowest BCUT2D eigenvalue weighted by Gasteiger charge is -2.24. The number of hydrogen-bond acceptors (Lipinski definition) is 7. The molecular weight excluding hydrogens is 352 g/mol. The summed E-state index contributed by atoms with van der Waals surface area (Å²) >= 11 is 0. The van der Waals surface area contributed by atoms with Crippen molar-refractivity contribution in [1.82, 2.24) is 20.3 Å². The zero-order valence-corrected chi connectivity index (χ0v) is 16.3. The van der Waals surface area contributed by atoms with Crippen LogP contribution in [0.25, 0.3) is 22.3 Å². The van der Waals surface area contributed by atoms with Gasteiger partial charge >= 0.3 is 0 Å². The molecule has 146 valence electrons. The van der Waals surface area contributed by atoms with E-state index >= 15 is 0 Å². The van der Waals surface area contributed by atoms with Gasteiger partial charge in [-0.15, -0.1) is 0 Å². The molecule has 0 spiro atoms. The predicted molar refractivity (Wildman–Crippen MR) is 113 cm³/mol. The normalized spacial score (nSPS) is 17.0. The molecule has 3 aromatic rings. The monoisotopic (exact) mass is 378 g/mol. The quantitative estimate of drug-likeness (QED) is 0.608. The van der Waals surface area contributed by atoms with Crippen LogP contribution in [0.5, 0.6) is 0 Å². The maximum atomic E-state index is 5.78. The summed E-state index contributed by atoms with van der Waals surface area (Å²) in [6.07, 6.45) is 3.52. The second kappa shape index (κ2) is 8.50. The Morgan fingerprint density at radius 1 is 1.18 bits per heavy atom. The zero-order chi connectivity index (χ0) is 19.3. The van der Waals surface area contributed by atoms with Crippen molar-refractivity contribution in [3.63, 3.8) is 0 Å². The van der Waals surface area contributed by atoms with Crippen molar-refractivity contribution in [3.8, 4) is 11.3 Å². The van der Waals surface area contributed by atoms with Crippen LogP contribution in [0.1, 0.15) is 13.8 Å². The number of rotatable bonds is 6. The minimum atomic E-state index is 0.118. The van der Waals surface area contributed by atoms with E-state index in [2.05, 4.69) is 64.0 Å². The Hall–Kier alpha value is -2.77. The molecule has 1 aliphatic heterocycles. The largest absolute Gasteiger partial charge is 0.383 e. The number of aromatic nitrogens is 3. The van der Waals surface area contributed by atoms with Crippen LogP contribution in [-0.2, 0) is 4.74 Å². The molecule has 0 amide bonds. The molecule has 4 rings (SSSR count). The molecule has 28 heavy (non-hydrogen) atoms. The lowest BCUT2D eigenvalue weighted by atomic mass is 10.1. The highest BCUT2D eigenvalue weighted by Crippen LogP contribution is 2.26. The minimum absolute atomic E-state index is 0.118. The van der Waals surface area contributed by atoms with Crippen LogP contribution in [0.2, 0.25) is 0 Å². The molecule has 7 nitrogen and oxygen atoms in total. The summed E-state index contributed by atoms with van der Waals surface area (Å²) in [5.41, 5.74) is 4.60. The van der Waals surface area contributed by atoms with E-state index in [4.69, 9.17) is 9.72 Å². The minimum Gasteiger partial charge on any atom is -0.383 e. The molecule has 0 unspecified atom stereocenters. The van der Waals surface area contributed by atoms with Crippen LogP contribution in [-0.4, -0.2) is 53.3 Å². The second-order valence-electron chi connectivity index (χ2n) is 7.23. The molecule has 0 radical (unpaired) electrons. The Bertz CT molecular complexity index is 922. The summed E-state index contributed by atoms with van der Waals surface area (Å²) in [6.45, 7) is 7.40. The van der Waals surface area contributed by atoms with Gasteiger partial charge in [-0.1, -0.05) is 12.1 Å². The Morgan fingerprint density at radius 3 is 2.75 bits per heavy atom. The average molecular weight is 378 g/mol. The van der Waals surface area contributed by atoms with E-state index in [-0.39, 0.29) is 6.10 Å². The smallest absolute Gasteiger partial charge is 0.154 e. The van der Waals surface area contributed by atoms with Gasteiger partial charge in [0.15, 0.2) is 5.82 Å². The van der Waals surface area contributed by atoms with Crippen LogP contribution in [0.15, 0.2) is 42.7 Å². The lowest BCUT2D eigenvalue weighted by Crippen LogP contribution is -2.42. The summed E-state index contributed by atoms with van der Waals surface area (Å²) in [4.78, 5) is 13.8. The number of nitrogens with zero attached hydrogens (tertiary/aromatic N) is 3. The predicted octanol–water partition coefficient (Wildman–Crippen LogP) is 2.91. The first kappa shape index (κ1) is 18.6. The third kappa shape index (κ3) is 4.37. The Kier molecular flexibility index (Phi) is 5.64. The third-order valence-electron chi connectivity index (χ3n) is 4.59. The Balaban J connectivity index is 1.61. The summed E-state index contributed by atoms with van der Waals surface area (Å²) in [6, 6.07) is 10.7. The van der Waals surface area contributed by atoms with Crippen molar-refractivity contribution in [2.45, 2.75) is 26.0 Å². The number of morpholine rings is 1. The molecular formula is C21H26N6O. The van der Waals surface area contributed by atoms with Gasteiger partial charge in [-0.2, -0.15) is 0 Å². The molecule has 3 N–H and O–H groups in total. The van der Waals surface area contributed by atoms with Crippen molar-refractivity contribution >= 4 is 22.5 Å². The fraction of sp³-hybridized carbons (Fsp3) is 0.381. The lowest BCUT2D eigenvalue weighted by molar-refractivity contribution is 0.0372. The standard InChI is InChI=1S/C21H26N6O/c1-14(2)26-16-5-3-15(4-6-16)18-11-19-20(24-8-7-23-19)21(27-18)25-13-17-12-22-9-10-28-17/h3-8,11,14,17,22,26H,9-10,12-13H2,1-2H3,(H,25,27)/t17-/m0/s1. The maximum absolute atomic E-state index is 5.78. The topological polar surface area (TPSA) is 84.0 Å². The van der Waals surface area contributed by atoms with Crippen molar-refractivity contribution < 1.29 is 4.74 Å². The molecule has 0 bridgehead atoms. The van der Waals surface area contributed by atoms with E-state index in [0.717, 1.165) is 53.5 Å². The van der Waals surface area contributed by atoms with E-state index in [9.17, 15) is 0 Å². The molecule has 7 heteroatoms. The average Bonchev–Trinajstić information content (AvgIpc) is 2.73. The van der Waals surface area contributed by atoms with E-state index in [1.807, 2.05) is 6.07 Å². The van der Waals surface area contributed by atoms with E-state index < -0.39 is 0 Å². The molecule has 1 aromatic carbocycles. The molecule has 1 atom stereocenters. The van der Waals surface area contributed by atoms with E-state index in [1.165, 1.54) is 0 Å². The summed E-state index contributed by atoms with van der Waals surface area (Å²) in [7, 11) is 0. The molecule has 0 saturated carbocycles. The fourth-order valence-electron chi connectivity index (χ4n) is 3.28. The van der Waals surface area contributed by atoms with Gasteiger partial charge in [0, 0.05) is 49.3 Å². The Labute approximate surface area is 165 Å². The van der Waals surface area contributed by atoms with Crippen LogP contribution in [0, 0.1) is 0 Å². The van der Waals surface area contributed by atoms with Gasteiger partial charge in [-0.05, 0) is 32.0 Å². The van der Waals surface area contributed by atoms with Gasteiger partial charge in [0.2, 0.25) is 0 Å². The van der Waals surface area contributed by atoms with Gasteiger partial charge < -0.3 is 20.7 Å². The first-order valence-electron chi connectivity index (χ1n) is 9.74. The Morgan fingerprint density at radius 2 is 2.00 bits per heavy atom. The van der Waals surface area contributed by atoms with Gasteiger partial charge in [0.25, 0.3) is 0 Å². The van der Waals surface area contributed by atoms with Gasteiger partial charge in [0.1, 0.15) is 5.52 Å². The number of anilines is 2. The number of fused-ring (bicyclic) bond motifs is 1.